The van der Waals surface area contributed by atoms with Crippen molar-refractivity contribution in [1.82, 2.24) is 10.0 Å². The van der Waals surface area contributed by atoms with Crippen molar-refractivity contribution in [2.45, 2.75) is 17.9 Å². The highest BCUT2D eigenvalue weighted by atomic mass is 32.2. The number of alkyl halides is 2. The van der Waals surface area contributed by atoms with Crippen LogP contribution >= 0.6 is 0 Å². The lowest BCUT2D eigenvalue weighted by Gasteiger charge is -2.10. The Morgan fingerprint density at radius 3 is 2.42 bits per heavy atom. The molecule has 0 saturated carbocycles. The molecule has 4 nitrogen and oxygen atoms in total. The van der Waals surface area contributed by atoms with Crippen molar-refractivity contribution in [3.63, 3.8) is 0 Å². The first-order valence-corrected chi connectivity index (χ1v) is 6.66. The van der Waals surface area contributed by atoms with Crippen molar-refractivity contribution in [2.75, 3.05) is 13.6 Å². The minimum Gasteiger partial charge on any atom is -0.316 e. The Kier molecular flexibility index (Phi) is 5.27. The number of sulfonamides is 1. The fourth-order valence-electron chi connectivity index (χ4n) is 1.37. The van der Waals surface area contributed by atoms with E-state index in [0.29, 0.717) is 0 Å². The molecule has 9 heteroatoms. The third-order valence-electron chi connectivity index (χ3n) is 2.15. The molecule has 0 aromatic heterocycles. The number of nitrogens with one attached hydrogen (secondary N) is 2. The molecule has 0 aliphatic heterocycles. The molecule has 108 valence electrons. The van der Waals surface area contributed by atoms with Gasteiger partial charge >= 0.3 is 0 Å². The van der Waals surface area contributed by atoms with E-state index in [4.69, 9.17) is 0 Å². The summed E-state index contributed by atoms with van der Waals surface area (Å²) in [5, 5.41) is 2.64. The van der Waals surface area contributed by atoms with Gasteiger partial charge in [0.15, 0.2) is 11.6 Å². The molecule has 0 spiro atoms. The van der Waals surface area contributed by atoms with Gasteiger partial charge < -0.3 is 5.32 Å². The zero-order valence-corrected chi connectivity index (χ0v) is 10.7. The van der Waals surface area contributed by atoms with Crippen LogP contribution in [-0.2, 0) is 16.6 Å². The normalized spacial score (nSPS) is 12.1. The predicted octanol–water partition coefficient (Wildman–Crippen LogP) is 1.23. The first kappa shape index (κ1) is 15.9. The van der Waals surface area contributed by atoms with Crippen molar-refractivity contribution in [3.05, 3.63) is 29.3 Å². The van der Waals surface area contributed by atoms with Crippen LogP contribution in [0.4, 0.5) is 17.6 Å². The second-order valence-electron chi connectivity index (χ2n) is 3.66. The van der Waals surface area contributed by atoms with Crippen molar-refractivity contribution in [2.24, 2.45) is 0 Å². The highest BCUT2D eigenvalue weighted by molar-refractivity contribution is 7.89. The Labute approximate surface area is 107 Å². The number of halogens is 4. The molecule has 0 aliphatic rings. The lowest BCUT2D eigenvalue weighted by molar-refractivity contribution is 0.153. The van der Waals surface area contributed by atoms with E-state index in [2.05, 4.69) is 5.32 Å². The predicted molar refractivity (Wildman–Crippen MR) is 60.3 cm³/mol. The molecule has 2 N–H and O–H groups in total. The maximum absolute atomic E-state index is 13.4. The molecule has 0 bridgehead atoms. The molecular weight excluding hydrogens is 288 g/mol. The Morgan fingerprint density at radius 2 is 1.89 bits per heavy atom. The second-order valence-corrected chi connectivity index (χ2v) is 5.40. The molecule has 0 radical (unpaired) electrons. The molecule has 1 aromatic carbocycles. The van der Waals surface area contributed by atoms with Gasteiger partial charge in [-0.05, 0) is 24.7 Å². The van der Waals surface area contributed by atoms with E-state index in [1.165, 1.54) is 11.8 Å². The van der Waals surface area contributed by atoms with E-state index < -0.39 is 39.5 Å². The third-order valence-corrected chi connectivity index (χ3v) is 3.58. The summed E-state index contributed by atoms with van der Waals surface area (Å²) in [6.45, 7) is -1.06. The van der Waals surface area contributed by atoms with Crippen molar-refractivity contribution < 1.29 is 26.0 Å². The summed E-state index contributed by atoms with van der Waals surface area (Å²) in [5.41, 5.74) is 0.179. The van der Waals surface area contributed by atoms with Crippen LogP contribution < -0.4 is 10.0 Å². The van der Waals surface area contributed by atoms with Gasteiger partial charge in [0.05, 0.1) is 6.54 Å². The maximum atomic E-state index is 13.4. The molecule has 0 unspecified atom stereocenters. The SMILES string of the molecule is CNCc1cc(F)c(F)c(S(=O)(=O)NCC(F)F)c1. The lowest BCUT2D eigenvalue weighted by Crippen LogP contribution is -2.29. The quantitative estimate of drug-likeness (QED) is 0.777. The Morgan fingerprint density at radius 1 is 1.26 bits per heavy atom. The summed E-state index contributed by atoms with van der Waals surface area (Å²) < 4.78 is 75.3. The first-order chi connectivity index (χ1) is 8.77. The van der Waals surface area contributed by atoms with Gasteiger partial charge in [0, 0.05) is 6.54 Å². The molecule has 0 aliphatic carbocycles. The van der Waals surface area contributed by atoms with Crippen LogP contribution in [-0.4, -0.2) is 28.4 Å². The largest absolute Gasteiger partial charge is 0.316 e. The summed E-state index contributed by atoms with van der Waals surface area (Å²) in [7, 11) is -2.99. The van der Waals surface area contributed by atoms with Crippen LogP contribution in [0.5, 0.6) is 0 Å². The number of benzene rings is 1. The van der Waals surface area contributed by atoms with Crippen molar-refractivity contribution >= 4 is 10.0 Å². The van der Waals surface area contributed by atoms with E-state index in [1.54, 1.807) is 0 Å². The molecule has 1 aromatic rings. The number of rotatable bonds is 6. The molecule has 0 amide bonds. The number of hydrogen-bond acceptors (Lipinski definition) is 3. The van der Waals surface area contributed by atoms with Crippen molar-refractivity contribution in [1.29, 1.82) is 0 Å². The van der Waals surface area contributed by atoms with Gasteiger partial charge in [0.1, 0.15) is 4.90 Å². The summed E-state index contributed by atoms with van der Waals surface area (Å²) in [6, 6.07) is 1.72. The van der Waals surface area contributed by atoms with Gasteiger partial charge in [-0.2, -0.15) is 0 Å². The highest BCUT2D eigenvalue weighted by Gasteiger charge is 2.23. The van der Waals surface area contributed by atoms with Crippen LogP contribution in [0.1, 0.15) is 5.56 Å². The average molecular weight is 300 g/mol. The lowest BCUT2D eigenvalue weighted by atomic mass is 10.2. The van der Waals surface area contributed by atoms with Gasteiger partial charge in [0.2, 0.25) is 10.0 Å². The standard InChI is InChI=1S/C10H12F4N2O2S/c1-15-4-6-2-7(11)10(14)8(3-6)19(17,18)16-5-9(12)13/h2-3,9,15-16H,4-5H2,1H3. The van der Waals surface area contributed by atoms with Gasteiger partial charge in [-0.1, -0.05) is 0 Å². The average Bonchev–Trinajstić information content (AvgIpc) is 2.31. The van der Waals surface area contributed by atoms with Crippen LogP contribution in [0.3, 0.4) is 0 Å². The fraction of sp³-hybridized carbons (Fsp3) is 0.400. The Hall–Kier alpha value is -1.19. The zero-order chi connectivity index (χ0) is 14.6. The summed E-state index contributed by atoms with van der Waals surface area (Å²) in [5.74, 6) is -2.95. The van der Waals surface area contributed by atoms with Crippen LogP contribution in [0.15, 0.2) is 17.0 Å². The summed E-state index contributed by atoms with van der Waals surface area (Å²) >= 11 is 0. The van der Waals surface area contributed by atoms with E-state index >= 15 is 0 Å². The third kappa shape index (κ3) is 4.15. The molecule has 0 fully saturated rings. The summed E-state index contributed by atoms with van der Waals surface area (Å²) in [4.78, 5) is -0.988. The minimum atomic E-state index is -4.52. The topological polar surface area (TPSA) is 58.2 Å². The van der Waals surface area contributed by atoms with E-state index in [1.807, 2.05) is 0 Å². The van der Waals surface area contributed by atoms with Gasteiger partial charge in [-0.3, -0.25) is 0 Å². The second kappa shape index (κ2) is 6.31. The Balaban J connectivity index is 3.17. The van der Waals surface area contributed by atoms with Crippen LogP contribution in [0.2, 0.25) is 0 Å². The Bertz CT molecular complexity index is 549. The van der Waals surface area contributed by atoms with Crippen LogP contribution in [0, 0.1) is 11.6 Å². The molecule has 0 heterocycles. The van der Waals surface area contributed by atoms with Gasteiger partial charge in [-0.25, -0.2) is 30.7 Å². The highest BCUT2D eigenvalue weighted by Crippen LogP contribution is 2.20. The van der Waals surface area contributed by atoms with Crippen LogP contribution in [0.25, 0.3) is 0 Å². The first-order valence-electron chi connectivity index (χ1n) is 5.18. The monoisotopic (exact) mass is 300 g/mol. The van der Waals surface area contributed by atoms with Gasteiger partial charge in [0.25, 0.3) is 6.43 Å². The fourth-order valence-corrected chi connectivity index (χ4v) is 2.51. The zero-order valence-electron chi connectivity index (χ0n) is 9.88. The molecule has 1 rings (SSSR count). The smallest absolute Gasteiger partial charge is 0.251 e. The minimum absolute atomic E-state index is 0.106. The molecule has 19 heavy (non-hydrogen) atoms. The molecular formula is C10H12F4N2O2S. The maximum Gasteiger partial charge on any atom is 0.251 e. The van der Waals surface area contributed by atoms with Crippen molar-refractivity contribution in [3.8, 4) is 0 Å². The number of hydrogen-bond donors (Lipinski definition) is 2. The van der Waals surface area contributed by atoms with E-state index in [0.717, 1.165) is 12.1 Å². The van der Waals surface area contributed by atoms with E-state index in [9.17, 15) is 26.0 Å². The van der Waals surface area contributed by atoms with E-state index in [-0.39, 0.29) is 12.1 Å². The van der Waals surface area contributed by atoms with Gasteiger partial charge in [-0.15, -0.1) is 0 Å². The molecule has 0 saturated heterocycles. The molecule has 0 atom stereocenters. The summed E-state index contributed by atoms with van der Waals surface area (Å²) in [6.07, 6.45) is -2.93.